The number of imide groups is 1. The Labute approximate surface area is 201 Å². The van der Waals surface area contributed by atoms with Gasteiger partial charge in [-0.05, 0) is 57.6 Å². The lowest BCUT2D eigenvalue weighted by Crippen LogP contribution is -2.32. The van der Waals surface area contributed by atoms with Crippen molar-refractivity contribution in [2.75, 3.05) is 24.3 Å². The van der Waals surface area contributed by atoms with Crippen LogP contribution in [0.2, 0.25) is 0 Å². The van der Waals surface area contributed by atoms with Gasteiger partial charge in [0, 0.05) is 11.3 Å². The van der Waals surface area contributed by atoms with Gasteiger partial charge in [-0.1, -0.05) is 17.7 Å². The summed E-state index contributed by atoms with van der Waals surface area (Å²) < 4.78 is 9.79. The molecule has 1 heterocycles. The summed E-state index contributed by atoms with van der Waals surface area (Å²) in [5, 5.41) is 5.01. The molecule has 0 saturated carbocycles. The van der Waals surface area contributed by atoms with Crippen LogP contribution < -0.4 is 10.6 Å². The Hall–Kier alpha value is -2.85. The van der Waals surface area contributed by atoms with Crippen molar-refractivity contribution in [2.45, 2.75) is 45.4 Å². The molecule has 2 N–H and O–H groups in total. The van der Waals surface area contributed by atoms with Gasteiger partial charge in [0.1, 0.15) is 9.88 Å². The fraction of sp³-hybridized carbons (Fsp3) is 0.391. The standard InChI is InChI=1S/C23H28N2O6S2/c1-5-30-22(28)19-15(4)18(20(27)25-23(29)31-6-2)21(33-19)24-17(26)8-7-13-32-16-11-9-14(3)10-12-16/h9-12H,5-8,13H2,1-4H3,(H,24,26)(H,25,27,29). The molecule has 0 unspecified atom stereocenters. The monoisotopic (exact) mass is 492 g/mol. The molecule has 0 atom stereocenters. The van der Waals surface area contributed by atoms with Gasteiger partial charge in [0.25, 0.3) is 5.91 Å². The molecule has 8 nitrogen and oxygen atoms in total. The second kappa shape index (κ2) is 13.0. The van der Waals surface area contributed by atoms with Gasteiger partial charge in [-0.25, -0.2) is 9.59 Å². The molecular weight excluding hydrogens is 464 g/mol. The molecule has 3 amide bonds. The number of carbonyl (C=O) groups is 4. The summed E-state index contributed by atoms with van der Waals surface area (Å²) in [6, 6.07) is 8.16. The number of carbonyl (C=O) groups excluding carboxylic acids is 4. The second-order valence-corrected chi connectivity index (χ2v) is 9.16. The summed E-state index contributed by atoms with van der Waals surface area (Å²) >= 11 is 2.60. The van der Waals surface area contributed by atoms with Gasteiger partial charge in [0.15, 0.2) is 0 Å². The van der Waals surface area contributed by atoms with Crippen molar-refractivity contribution >= 4 is 52.0 Å². The van der Waals surface area contributed by atoms with Gasteiger partial charge in [-0.3, -0.25) is 14.9 Å². The minimum atomic E-state index is -0.906. The molecular formula is C23H28N2O6S2. The minimum absolute atomic E-state index is 0.0403. The highest BCUT2D eigenvalue weighted by molar-refractivity contribution is 7.99. The van der Waals surface area contributed by atoms with E-state index in [1.165, 1.54) is 5.56 Å². The zero-order chi connectivity index (χ0) is 24.4. The van der Waals surface area contributed by atoms with Gasteiger partial charge in [-0.15, -0.1) is 23.1 Å². The predicted molar refractivity (Wildman–Crippen MR) is 129 cm³/mol. The Morgan fingerprint density at radius 2 is 1.67 bits per heavy atom. The van der Waals surface area contributed by atoms with E-state index in [1.807, 2.05) is 31.2 Å². The number of ether oxygens (including phenoxy) is 2. The van der Waals surface area contributed by atoms with Gasteiger partial charge in [0.2, 0.25) is 5.91 Å². The first kappa shape index (κ1) is 26.4. The predicted octanol–water partition coefficient (Wildman–Crippen LogP) is 4.94. The summed E-state index contributed by atoms with van der Waals surface area (Å²) in [4.78, 5) is 50.5. The average molecular weight is 493 g/mol. The number of esters is 1. The van der Waals surface area contributed by atoms with Crippen molar-refractivity contribution in [1.29, 1.82) is 0 Å². The van der Waals surface area contributed by atoms with E-state index in [0.717, 1.165) is 22.0 Å². The molecule has 10 heteroatoms. The van der Waals surface area contributed by atoms with Crippen LogP contribution in [-0.2, 0) is 14.3 Å². The molecule has 178 valence electrons. The van der Waals surface area contributed by atoms with Gasteiger partial charge >= 0.3 is 12.1 Å². The van der Waals surface area contributed by atoms with Crippen LogP contribution >= 0.6 is 23.1 Å². The first-order chi connectivity index (χ1) is 15.8. The van der Waals surface area contributed by atoms with Crippen LogP contribution in [0.15, 0.2) is 29.2 Å². The molecule has 0 radical (unpaired) electrons. The SMILES string of the molecule is CCOC(=O)NC(=O)c1c(NC(=O)CCCSc2ccc(C)cc2)sc(C(=O)OCC)c1C. The van der Waals surface area contributed by atoms with Gasteiger partial charge in [-0.2, -0.15) is 0 Å². The summed E-state index contributed by atoms with van der Waals surface area (Å²) in [5.74, 6) is -0.894. The van der Waals surface area contributed by atoms with Crippen molar-refractivity contribution < 1.29 is 28.7 Å². The number of aryl methyl sites for hydroxylation is 1. The smallest absolute Gasteiger partial charge is 0.414 e. The molecule has 0 aliphatic carbocycles. The Bertz CT molecular complexity index is 1000. The van der Waals surface area contributed by atoms with E-state index in [2.05, 4.69) is 10.6 Å². The first-order valence-corrected chi connectivity index (χ1v) is 12.3. The highest BCUT2D eigenvalue weighted by Gasteiger charge is 2.27. The van der Waals surface area contributed by atoms with E-state index >= 15 is 0 Å². The van der Waals surface area contributed by atoms with Crippen LogP contribution in [0.25, 0.3) is 0 Å². The molecule has 1 aromatic heterocycles. The maximum absolute atomic E-state index is 12.7. The van der Waals surface area contributed by atoms with Crippen LogP contribution in [0.1, 0.15) is 57.8 Å². The quantitative estimate of drug-likeness (QED) is 0.275. The first-order valence-electron chi connectivity index (χ1n) is 10.5. The molecule has 0 aliphatic rings. The van der Waals surface area contributed by atoms with Crippen LogP contribution in [0, 0.1) is 13.8 Å². The van der Waals surface area contributed by atoms with Crippen LogP contribution in [0.4, 0.5) is 9.80 Å². The lowest BCUT2D eigenvalue weighted by Gasteiger charge is -2.08. The largest absolute Gasteiger partial charge is 0.462 e. The zero-order valence-electron chi connectivity index (χ0n) is 19.1. The molecule has 0 saturated heterocycles. The lowest BCUT2D eigenvalue weighted by molar-refractivity contribution is -0.116. The van der Waals surface area contributed by atoms with Gasteiger partial charge < -0.3 is 14.8 Å². The molecule has 0 aliphatic heterocycles. The fourth-order valence-corrected chi connectivity index (χ4v) is 4.80. The number of rotatable bonds is 10. The third-order valence-corrected chi connectivity index (χ3v) is 6.70. The molecule has 0 spiro atoms. The molecule has 0 fully saturated rings. The summed E-state index contributed by atoms with van der Waals surface area (Å²) in [7, 11) is 0. The van der Waals surface area contributed by atoms with Gasteiger partial charge in [0.05, 0.1) is 18.8 Å². The van der Waals surface area contributed by atoms with E-state index in [4.69, 9.17) is 9.47 Å². The minimum Gasteiger partial charge on any atom is -0.462 e. The molecule has 1 aromatic carbocycles. The normalized spacial score (nSPS) is 10.4. The number of hydrogen-bond acceptors (Lipinski definition) is 8. The Kier molecular flexibility index (Phi) is 10.4. The highest BCUT2D eigenvalue weighted by atomic mass is 32.2. The maximum Gasteiger partial charge on any atom is 0.414 e. The summed E-state index contributed by atoms with van der Waals surface area (Å²) in [6.45, 7) is 7.14. The van der Waals surface area contributed by atoms with Crippen molar-refractivity contribution in [1.82, 2.24) is 5.32 Å². The zero-order valence-corrected chi connectivity index (χ0v) is 20.7. The van der Waals surface area contributed by atoms with Crippen LogP contribution in [-0.4, -0.2) is 42.8 Å². The van der Waals surface area contributed by atoms with Crippen LogP contribution in [0.5, 0.6) is 0 Å². The number of hydrogen-bond donors (Lipinski definition) is 2. The van der Waals surface area contributed by atoms with Crippen molar-refractivity contribution in [3.05, 3.63) is 45.8 Å². The highest BCUT2D eigenvalue weighted by Crippen LogP contribution is 2.34. The number of amides is 3. The number of alkyl carbamates (subject to hydrolysis) is 1. The molecule has 2 aromatic rings. The van der Waals surface area contributed by atoms with Crippen LogP contribution in [0.3, 0.4) is 0 Å². The number of thiophene rings is 1. The van der Waals surface area contributed by atoms with E-state index < -0.39 is 18.0 Å². The van der Waals surface area contributed by atoms with E-state index in [-0.39, 0.29) is 41.0 Å². The molecule has 2 rings (SSSR count). The third kappa shape index (κ3) is 7.90. The summed E-state index contributed by atoms with van der Waals surface area (Å²) in [6.07, 6.45) is -0.0379. The maximum atomic E-state index is 12.7. The Morgan fingerprint density at radius 3 is 2.30 bits per heavy atom. The molecule has 33 heavy (non-hydrogen) atoms. The topological polar surface area (TPSA) is 111 Å². The lowest BCUT2D eigenvalue weighted by atomic mass is 10.1. The second-order valence-electron chi connectivity index (χ2n) is 6.97. The number of thioether (sulfide) groups is 1. The average Bonchev–Trinajstić information content (AvgIpc) is 3.08. The van der Waals surface area contributed by atoms with E-state index in [9.17, 15) is 19.2 Å². The van der Waals surface area contributed by atoms with E-state index in [0.29, 0.717) is 12.0 Å². The van der Waals surface area contributed by atoms with Crippen molar-refractivity contribution in [3.8, 4) is 0 Å². The third-order valence-electron chi connectivity index (χ3n) is 4.42. The van der Waals surface area contributed by atoms with Crippen molar-refractivity contribution in [3.63, 3.8) is 0 Å². The summed E-state index contributed by atoms with van der Waals surface area (Å²) in [5.41, 5.74) is 1.55. The van der Waals surface area contributed by atoms with E-state index in [1.54, 1.807) is 32.5 Å². The number of benzene rings is 1. The number of anilines is 1. The van der Waals surface area contributed by atoms with Crippen molar-refractivity contribution in [2.24, 2.45) is 0 Å². The molecule has 0 bridgehead atoms. The fourth-order valence-electron chi connectivity index (χ4n) is 2.84. The Balaban J connectivity index is 2.07. The number of nitrogens with one attached hydrogen (secondary N) is 2. The Morgan fingerprint density at radius 1 is 1.00 bits per heavy atom.